The second-order valence-electron chi connectivity index (χ2n) is 10.7. The average molecular weight is 515 g/mol. The fourth-order valence-electron chi connectivity index (χ4n) is 6.62. The number of esters is 1. The van der Waals surface area contributed by atoms with Gasteiger partial charge in [-0.3, -0.25) is 0 Å². The van der Waals surface area contributed by atoms with Crippen LogP contribution in [0.15, 0.2) is 70.2 Å². The van der Waals surface area contributed by atoms with Gasteiger partial charge in [-0.15, -0.1) is 0 Å². The molecule has 0 saturated heterocycles. The first-order chi connectivity index (χ1) is 18.4. The predicted molar refractivity (Wildman–Crippen MR) is 149 cm³/mol. The van der Waals surface area contributed by atoms with E-state index in [0.29, 0.717) is 18.4 Å². The first-order valence-corrected chi connectivity index (χ1v) is 13.8. The van der Waals surface area contributed by atoms with Crippen LogP contribution >= 0.6 is 0 Å². The van der Waals surface area contributed by atoms with Gasteiger partial charge in [0.2, 0.25) is 0 Å². The summed E-state index contributed by atoms with van der Waals surface area (Å²) in [5, 5.41) is 18.6. The molecule has 38 heavy (non-hydrogen) atoms. The van der Waals surface area contributed by atoms with E-state index in [4.69, 9.17) is 9.57 Å². The molecule has 2 aliphatic carbocycles. The summed E-state index contributed by atoms with van der Waals surface area (Å²) in [6.45, 7) is 6.39. The summed E-state index contributed by atoms with van der Waals surface area (Å²) in [6, 6.07) is 13.6. The Morgan fingerprint density at radius 3 is 2.45 bits per heavy atom. The Morgan fingerprint density at radius 2 is 1.79 bits per heavy atom. The number of phenols is 1. The zero-order valence-corrected chi connectivity index (χ0v) is 22.8. The van der Waals surface area contributed by atoms with Crippen molar-refractivity contribution >= 4 is 11.7 Å². The number of allylic oxidation sites excluding steroid dienone is 3. The van der Waals surface area contributed by atoms with Gasteiger partial charge in [-0.05, 0) is 92.7 Å². The summed E-state index contributed by atoms with van der Waals surface area (Å²) < 4.78 is 6.07. The maximum atomic E-state index is 13.8. The quantitative estimate of drug-likeness (QED) is 0.332. The molecule has 1 fully saturated rings. The molecule has 3 aliphatic rings. The molecule has 0 amide bonds. The van der Waals surface area contributed by atoms with Crippen molar-refractivity contribution in [3.8, 4) is 5.75 Å². The van der Waals surface area contributed by atoms with Crippen LogP contribution in [0.1, 0.15) is 86.0 Å². The van der Waals surface area contributed by atoms with Crippen LogP contribution in [0.4, 0.5) is 0 Å². The van der Waals surface area contributed by atoms with E-state index >= 15 is 0 Å². The van der Waals surface area contributed by atoms with Gasteiger partial charge < -0.3 is 20.0 Å². The van der Waals surface area contributed by atoms with Crippen LogP contribution in [-0.2, 0) is 14.4 Å². The lowest BCUT2D eigenvalue weighted by atomic mass is 9.70. The van der Waals surface area contributed by atoms with Crippen molar-refractivity contribution in [2.75, 3.05) is 7.11 Å². The van der Waals surface area contributed by atoms with Crippen LogP contribution in [0, 0.1) is 13.8 Å². The number of ether oxygens (including phenoxy) is 1. The number of carbonyl (C=O) groups is 1. The van der Waals surface area contributed by atoms with Gasteiger partial charge in [-0.25, -0.2) is 4.79 Å². The predicted octanol–water partition coefficient (Wildman–Crippen LogP) is 6.68. The van der Waals surface area contributed by atoms with E-state index in [2.05, 4.69) is 49.4 Å². The number of nitrogens with zero attached hydrogens (tertiary/aromatic N) is 1. The number of aromatic hydroxyl groups is 1. The molecule has 2 N–H and O–H groups in total. The smallest absolute Gasteiger partial charge is 0.337 e. The van der Waals surface area contributed by atoms with Crippen molar-refractivity contribution in [1.82, 2.24) is 5.32 Å². The van der Waals surface area contributed by atoms with Crippen molar-refractivity contribution in [2.24, 2.45) is 5.16 Å². The molecule has 1 heterocycles. The Morgan fingerprint density at radius 1 is 1.08 bits per heavy atom. The third-order valence-corrected chi connectivity index (χ3v) is 8.24. The molecular weight excluding hydrogens is 476 g/mol. The monoisotopic (exact) mass is 514 g/mol. The molecule has 5 rings (SSSR count). The van der Waals surface area contributed by atoms with E-state index < -0.39 is 5.92 Å². The number of dihydropyridines is 1. The van der Waals surface area contributed by atoms with Gasteiger partial charge in [-0.1, -0.05) is 42.4 Å². The zero-order valence-electron chi connectivity index (χ0n) is 22.8. The van der Waals surface area contributed by atoms with Crippen molar-refractivity contribution in [2.45, 2.75) is 83.7 Å². The second kappa shape index (κ2) is 11.1. The number of carbonyl (C=O) groups excluding carboxylic acids is 1. The number of hydrogen-bond donors (Lipinski definition) is 2. The highest BCUT2D eigenvalue weighted by atomic mass is 16.6. The Bertz CT molecular complexity index is 1300. The third-order valence-electron chi connectivity index (χ3n) is 8.24. The molecule has 2 aromatic carbocycles. The van der Waals surface area contributed by atoms with Crippen molar-refractivity contribution in [3.63, 3.8) is 0 Å². The summed E-state index contributed by atoms with van der Waals surface area (Å²) in [4.78, 5) is 19.2. The number of hydrogen-bond acceptors (Lipinski definition) is 6. The number of oxime groups is 1. The Labute approximate surface area is 225 Å². The highest BCUT2D eigenvalue weighted by molar-refractivity contribution is 6.07. The molecule has 200 valence electrons. The molecule has 0 spiro atoms. The molecule has 0 bridgehead atoms. The van der Waals surface area contributed by atoms with Gasteiger partial charge in [0.05, 0.1) is 11.3 Å². The molecule has 1 aliphatic heterocycles. The maximum absolute atomic E-state index is 13.8. The van der Waals surface area contributed by atoms with Crippen LogP contribution in [0.2, 0.25) is 0 Å². The van der Waals surface area contributed by atoms with Gasteiger partial charge in [0, 0.05) is 29.3 Å². The number of rotatable bonds is 6. The number of aryl methyl sites for hydroxylation is 2. The molecule has 1 saturated carbocycles. The van der Waals surface area contributed by atoms with Crippen molar-refractivity contribution in [3.05, 3.63) is 87.3 Å². The van der Waals surface area contributed by atoms with Gasteiger partial charge in [0.15, 0.2) is 0 Å². The van der Waals surface area contributed by atoms with E-state index in [0.717, 1.165) is 60.3 Å². The highest BCUT2D eigenvalue weighted by Crippen LogP contribution is 2.48. The van der Waals surface area contributed by atoms with Crippen LogP contribution < -0.4 is 5.32 Å². The Hall–Kier alpha value is -3.54. The van der Waals surface area contributed by atoms with Gasteiger partial charge >= 0.3 is 5.97 Å². The van der Waals surface area contributed by atoms with Gasteiger partial charge in [-0.2, -0.15) is 0 Å². The summed E-state index contributed by atoms with van der Waals surface area (Å²) >= 11 is 0. The van der Waals surface area contributed by atoms with Crippen molar-refractivity contribution < 1.29 is 19.5 Å². The summed E-state index contributed by atoms with van der Waals surface area (Å²) in [7, 11) is 1.57. The van der Waals surface area contributed by atoms with E-state index in [-0.39, 0.29) is 23.7 Å². The molecule has 2 aromatic rings. The molecule has 0 radical (unpaired) electrons. The number of benzene rings is 2. The molecule has 2 atom stereocenters. The minimum Gasteiger partial charge on any atom is -0.508 e. The lowest BCUT2D eigenvalue weighted by Gasteiger charge is -2.39. The maximum Gasteiger partial charge on any atom is 0.337 e. The topological polar surface area (TPSA) is 80.2 Å². The van der Waals surface area contributed by atoms with Crippen LogP contribution in [0.25, 0.3) is 0 Å². The number of nitrogens with one attached hydrogen (secondary N) is 1. The largest absolute Gasteiger partial charge is 0.508 e. The Balaban J connectivity index is 1.64. The fraction of sp³-hybridized carbons (Fsp3) is 0.438. The molecule has 6 nitrogen and oxygen atoms in total. The van der Waals surface area contributed by atoms with Gasteiger partial charge in [0.25, 0.3) is 0 Å². The van der Waals surface area contributed by atoms with E-state index in [1.54, 1.807) is 19.2 Å². The first kappa shape index (κ1) is 26.1. The van der Waals surface area contributed by atoms with E-state index in [1.165, 1.54) is 16.7 Å². The standard InChI is InChI=1S/C32H38N2O4/c1-5-25-31(32(36)38-24-14-6-7-15-24)29(21-12-9-13-23(35)16-21)30-26(33-25)17-22(18-27(30)34-37-4)28-19(2)10-8-11-20(28)3/h8-13,16,22,24,29,33,35H,5-7,14-15,17-18H2,1-4H3/b34-27+. The molecule has 6 heteroatoms. The van der Waals surface area contributed by atoms with E-state index in [1.807, 2.05) is 12.1 Å². The zero-order chi connectivity index (χ0) is 26.8. The summed E-state index contributed by atoms with van der Waals surface area (Å²) in [6.07, 6.45) is 6.11. The highest BCUT2D eigenvalue weighted by Gasteiger charge is 2.42. The average Bonchev–Trinajstić information content (AvgIpc) is 3.40. The normalized spacial score (nSPS) is 22.9. The Kier molecular flexibility index (Phi) is 7.59. The second-order valence-corrected chi connectivity index (χ2v) is 10.7. The molecule has 0 aromatic heterocycles. The number of phenolic OH excluding ortho intramolecular Hbond substituents is 1. The summed E-state index contributed by atoms with van der Waals surface area (Å²) in [5.41, 5.74) is 9.04. The van der Waals surface area contributed by atoms with Crippen LogP contribution in [0.3, 0.4) is 0 Å². The minimum absolute atomic E-state index is 0.0415. The first-order valence-electron chi connectivity index (χ1n) is 13.8. The molecule has 2 unspecified atom stereocenters. The third kappa shape index (κ3) is 4.96. The van der Waals surface area contributed by atoms with Gasteiger partial charge in [0.1, 0.15) is 19.0 Å². The fourth-order valence-corrected chi connectivity index (χ4v) is 6.62. The lowest BCUT2D eigenvalue weighted by molar-refractivity contribution is -0.144. The summed E-state index contributed by atoms with van der Waals surface area (Å²) in [5.74, 6) is -0.296. The SMILES string of the molecule is CCC1=C(C(=O)OC2CCCC2)C(c2cccc(O)c2)C2=C(CC(c3c(C)cccc3C)C/C2=N\OC)N1. The lowest BCUT2D eigenvalue weighted by Crippen LogP contribution is -2.37. The van der Waals surface area contributed by atoms with Crippen LogP contribution in [0.5, 0.6) is 5.75 Å². The van der Waals surface area contributed by atoms with Crippen LogP contribution in [-0.4, -0.2) is 30.0 Å². The minimum atomic E-state index is -0.407. The molecular formula is C32H38N2O4. The van der Waals surface area contributed by atoms with Crippen molar-refractivity contribution in [1.29, 1.82) is 0 Å². The van der Waals surface area contributed by atoms with E-state index in [9.17, 15) is 9.90 Å².